The number of rotatable bonds is 3. The fourth-order valence-corrected chi connectivity index (χ4v) is 3.84. The van der Waals surface area contributed by atoms with Gasteiger partial charge in [-0.05, 0) is 34.9 Å². The van der Waals surface area contributed by atoms with Crippen LogP contribution in [-0.4, -0.2) is 10.1 Å². The Morgan fingerprint density at radius 2 is 1.54 bits per heavy atom. The Morgan fingerprint density at radius 1 is 0.885 bits per heavy atom. The SMILES string of the molecule is OC(c1ccccc1)c1cc(Br)cc2c(-c3ccccc3)cc(Cl)nc12. The number of hydrogen-bond acceptors (Lipinski definition) is 2. The van der Waals surface area contributed by atoms with Crippen LogP contribution in [0.1, 0.15) is 17.2 Å². The van der Waals surface area contributed by atoms with Crippen LogP contribution >= 0.6 is 27.5 Å². The summed E-state index contributed by atoms with van der Waals surface area (Å²) in [6.07, 6.45) is -0.786. The molecule has 0 bridgehead atoms. The van der Waals surface area contributed by atoms with Crippen molar-refractivity contribution in [2.24, 2.45) is 0 Å². The minimum Gasteiger partial charge on any atom is -0.384 e. The Balaban J connectivity index is 2.00. The van der Waals surface area contributed by atoms with Gasteiger partial charge in [-0.1, -0.05) is 88.2 Å². The van der Waals surface area contributed by atoms with Gasteiger partial charge in [-0.25, -0.2) is 4.98 Å². The van der Waals surface area contributed by atoms with E-state index >= 15 is 0 Å². The van der Waals surface area contributed by atoms with Crippen molar-refractivity contribution in [1.82, 2.24) is 4.98 Å². The predicted octanol–water partition coefficient (Wildman–Crippen LogP) is 6.40. The van der Waals surface area contributed by atoms with Gasteiger partial charge in [0, 0.05) is 15.4 Å². The van der Waals surface area contributed by atoms with Crippen LogP contribution < -0.4 is 0 Å². The van der Waals surface area contributed by atoms with Crippen molar-refractivity contribution >= 4 is 38.4 Å². The van der Waals surface area contributed by atoms with Gasteiger partial charge in [0.15, 0.2) is 0 Å². The summed E-state index contributed by atoms with van der Waals surface area (Å²) in [5, 5.41) is 12.3. The van der Waals surface area contributed by atoms with Crippen LogP contribution in [0.3, 0.4) is 0 Å². The topological polar surface area (TPSA) is 33.1 Å². The van der Waals surface area contributed by atoms with Crippen LogP contribution in [0.4, 0.5) is 0 Å². The molecule has 0 amide bonds. The molecule has 1 N–H and O–H groups in total. The van der Waals surface area contributed by atoms with E-state index in [1.807, 2.05) is 78.9 Å². The smallest absolute Gasteiger partial charge is 0.130 e. The van der Waals surface area contributed by atoms with Gasteiger partial charge in [0.05, 0.1) is 5.52 Å². The van der Waals surface area contributed by atoms with Crippen LogP contribution in [0, 0.1) is 0 Å². The molecule has 1 heterocycles. The van der Waals surface area contributed by atoms with Crippen molar-refractivity contribution in [3.8, 4) is 11.1 Å². The zero-order valence-corrected chi connectivity index (χ0v) is 16.1. The molecule has 0 aliphatic rings. The van der Waals surface area contributed by atoms with Crippen molar-refractivity contribution in [2.75, 3.05) is 0 Å². The summed E-state index contributed by atoms with van der Waals surface area (Å²) in [5.41, 5.74) is 4.29. The average Bonchev–Trinajstić information content (AvgIpc) is 2.68. The maximum absolute atomic E-state index is 11.0. The molecule has 128 valence electrons. The first-order valence-corrected chi connectivity index (χ1v) is 9.39. The van der Waals surface area contributed by atoms with E-state index in [0.29, 0.717) is 10.7 Å². The van der Waals surface area contributed by atoms with E-state index in [1.54, 1.807) is 0 Å². The normalized spacial score (nSPS) is 12.3. The molecule has 0 fully saturated rings. The number of benzene rings is 3. The third-order valence-corrected chi connectivity index (χ3v) is 5.02. The summed E-state index contributed by atoms with van der Waals surface area (Å²) in [6.45, 7) is 0. The largest absolute Gasteiger partial charge is 0.384 e. The molecule has 1 atom stereocenters. The number of aliphatic hydroxyl groups excluding tert-OH is 1. The van der Waals surface area contributed by atoms with Crippen LogP contribution in [0.5, 0.6) is 0 Å². The van der Waals surface area contributed by atoms with E-state index in [1.165, 1.54) is 0 Å². The second-order valence-electron chi connectivity index (χ2n) is 6.06. The molecule has 0 spiro atoms. The van der Waals surface area contributed by atoms with Gasteiger partial charge in [0.1, 0.15) is 11.3 Å². The Labute approximate surface area is 165 Å². The molecule has 4 heteroatoms. The van der Waals surface area contributed by atoms with Crippen LogP contribution in [-0.2, 0) is 0 Å². The van der Waals surface area contributed by atoms with E-state index in [4.69, 9.17) is 11.6 Å². The van der Waals surface area contributed by atoms with Gasteiger partial charge in [-0.3, -0.25) is 0 Å². The molecule has 3 aromatic carbocycles. The maximum atomic E-state index is 11.0. The zero-order valence-electron chi connectivity index (χ0n) is 13.7. The van der Waals surface area contributed by atoms with Crippen LogP contribution in [0.2, 0.25) is 5.15 Å². The molecular weight excluding hydrogens is 410 g/mol. The van der Waals surface area contributed by atoms with Crippen molar-refractivity contribution in [3.63, 3.8) is 0 Å². The van der Waals surface area contributed by atoms with Crippen molar-refractivity contribution < 1.29 is 5.11 Å². The summed E-state index contributed by atoms with van der Waals surface area (Å²) in [6, 6.07) is 25.4. The van der Waals surface area contributed by atoms with Crippen LogP contribution in [0.15, 0.2) is 83.3 Å². The third kappa shape index (κ3) is 3.26. The Bertz CT molecular complexity index is 1070. The fourth-order valence-electron chi connectivity index (χ4n) is 3.17. The quantitative estimate of drug-likeness (QED) is 0.386. The van der Waals surface area contributed by atoms with Crippen molar-refractivity contribution in [1.29, 1.82) is 0 Å². The predicted molar refractivity (Wildman–Crippen MR) is 110 cm³/mol. The van der Waals surface area contributed by atoms with E-state index in [-0.39, 0.29) is 0 Å². The lowest BCUT2D eigenvalue weighted by atomic mass is 9.95. The molecule has 0 radical (unpaired) electrons. The monoisotopic (exact) mass is 423 g/mol. The number of pyridine rings is 1. The summed E-state index contributed by atoms with van der Waals surface area (Å²) in [4.78, 5) is 4.53. The van der Waals surface area contributed by atoms with Gasteiger partial charge < -0.3 is 5.11 Å². The van der Waals surface area contributed by atoms with E-state index in [2.05, 4.69) is 20.9 Å². The van der Waals surface area contributed by atoms with Gasteiger partial charge in [0.25, 0.3) is 0 Å². The first kappa shape index (κ1) is 17.2. The number of hydrogen-bond donors (Lipinski definition) is 1. The molecule has 0 saturated heterocycles. The van der Waals surface area contributed by atoms with Crippen molar-refractivity contribution in [3.05, 3.63) is 99.6 Å². The van der Waals surface area contributed by atoms with Crippen LogP contribution in [0.25, 0.3) is 22.0 Å². The zero-order chi connectivity index (χ0) is 18.1. The number of nitrogens with zero attached hydrogens (tertiary/aromatic N) is 1. The lowest BCUT2D eigenvalue weighted by molar-refractivity contribution is 0.221. The molecule has 0 aliphatic carbocycles. The molecular formula is C22H15BrClNO. The summed E-state index contributed by atoms with van der Waals surface area (Å²) < 4.78 is 0.885. The Morgan fingerprint density at radius 3 is 2.23 bits per heavy atom. The molecule has 26 heavy (non-hydrogen) atoms. The molecule has 4 rings (SSSR count). The molecule has 0 saturated carbocycles. The molecule has 1 unspecified atom stereocenters. The van der Waals surface area contributed by atoms with Gasteiger partial charge in [0.2, 0.25) is 0 Å². The lowest BCUT2D eigenvalue weighted by Crippen LogP contribution is -2.02. The standard InChI is InChI=1S/C22H15BrClNO/c23-16-11-18-17(14-7-3-1-4-8-14)13-20(24)25-21(18)19(12-16)22(26)15-9-5-2-6-10-15/h1-13,22,26H. The van der Waals surface area contributed by atoms with Gasteiger partial charge in [-0.15, -0.1) is 0 Å². The van der Waals surface area contributed by atoms with Gasteiger partial charge in [-0.2, -0.15) is 0 Å². The second kappa shape index (κ2) is 7.20. The second-order valence-corrected chi connectivity index (χ2v) is 7.37. The minimum atomic E-state index is -0.786. The highest BCUT2D eigenvalue weighted by Crippen LogP contribution is 2.37. The Hall–Kier alpha value is -2.20. The maximum Gasteiger partial charge on any atom is 0.130 e. The number of aromatic nitrogens is 1. The summed E-state index contributed by atoms with van der Waals surface area (Å²) in [7, 11) is 0. The van der Waals surface area contributed by atoms with Crippen molar-refractivity contribution in [2.45, 2.75) is 6.10 Å². The molecule has 0 aliphatic heterocycles. The lowest BCUT2D eigenvalue weighted by Gasteiger charge is -2.16. The van der Waals surface area contributed by atoms with E-state index in [9.17, 15) is 5.11 Å². The van der Waals surface area contributed by atoms with E-state index in [0.717, 1.165) is 32.1 Å². The highest BCUT2D eigenvalue weighted by molar-refractivity contribution is 9.10. The minimum absolute atomic E-state index is 0.403. The fraction of sp³-hybridized carbons (Fsp3) is 0.0455. The number of aliphatic hydroxyl groups is 1. The molecule has 1 aromatic heterocycles. The Kier molecular flexibility index (Phi) is 4.77. The summed E-state index contributed by atoms with van der Waals surface area (Å²) in [5.74, 6) is 0. The first-order valence-electron chi connectivity index (χ1n) is 8.21. The first-order chi connectivity index (χ1) is 12.6. The van der Waals surface area contributed by atoms with Gasteiger partial charge >= 0.3 is 0 Å². The molecule has 2 nitrogen and oxygen atoms in total. The van der Waals surface area contributed by atoms with E-state index < -0.39 is 6.10 Å². The average molecular weight is 425 g/mol. The number of fused-ring (bicyclic) bond motifs is 1. The molecule has 4 aromatic rings. The number of halogens is 2. The third-order valence-electron chi connectivity index (χ3n) is 4.37. The summed E-state index contributed by atoms with van der Waals surface area (Å²) >= 11 is 9.91. The highest BCUT2D eigenvalue weighted by Gasteiger charge is 2.18. The highest BCUT2D eigenvalue weighted by atomic mass is 79.9.